The van der Waals surface area contributed by atoms with Crippen molar-refractivity contribution in [2.75, 3.05) is 26.3 Å². The highest BCUT2D eigenvalue weighted by Gasteiger charge is 2.05. The van der Waals surface area contributed by atoms with Crippen LogP contribution < -0.4 is 11.1 Å². The Morgan fingerprint density at radius 2 is 2.38 bits per heavy atom. The van der Waals surface area contributed by atoms with E-state index in [1.54, 1.807) is 0 Å². The van der Waals surface area contributed by atoms with Crippen molar-refractivity contribution < 1.29 is 9.94 Å². The Labute approximate surface area is 78.9 Å². The largest absolute Gasteiger partial charge is 0.409 e. The average molecular weight is 189 g/mol. The lowest BCUT2D eigenvalue weighted by Gasteiger charge is -2.10. The summed E-state index contributed by atoms with van der Waals surface area (Å²) in [6, 6.07) is 0. The Balaban J connectivity index is 3.32. The maximum absolute atomic E-state index is 8.36. The molecular weight excluding hydrogens is 170 g/mol. The van der Waals surface area contributed by atoms with Gasteiger partial charge in [0.2, 0.25) is 0 Å². The van der Waals surface area contributed by atoms with Crippen LogP contribution in [0.2, 0.25) is 0 Å². The van der Waals surface area contributed by atoms with Gasteiger partial charge in [-0.25, -0.2) is 0 Å². The number of hydrogen-bond donors (Lipinski definition) is 3. The predicted molar refractivity (Wildman–Crippen MR) is 51.9 cm³/mol. The van der Waals surface area contributed by atoms with Crippen LogP contribution in [0.3, 0.4) is 0 Å². The first-order valence-corrected chi connectivity index (χ1v) is 4.48. The van der Waals surface area contributed by atoms with Crippen LogP contribution in [0.15, 0.2) is 5.16 Å². The number of nitrogens with two attached hydrogens (primary N) is 1. The van der Waals surface area contributed by atoms with Gasteiger partial charge in [-0.3, -0.25) is 0 Å². The highest BCUT2D eigenvalue weighted by atomic mass is 16.5. The van der Waals surface area contributed by atoms with Crippen LogP contribution in [0.1, 0.15) is 13.8 Å². The molecule has 0 aromatic carbocycles. The summed E-state index contributed by atoms with van der Waals surface area (Å²) in [7, 11) is 0. The molecule has 0 rings (SSSR count). The molecule has 0 spiro atoms. The molecule has 0 aromatic rings. The van der Waals surface area contributed by atoms with Crippen molar-refractivity contribution in [2.45, 2.75) is 13.8 Å². The number of amidine groups is 1. The van der Waals surface area contributed by atoms with Crippen LogP contribution >= 0.6 is 0 Å². The van der Waals surface area contributed by atoms with E-state index in [2.05, 4.69) is 10.5 Å². The van der Waals surface area contributed by atoms with Gasteiger partial charge < -0.3 is 21.0 Å². The normalized spacial score (nSPS) is 14.5. The van der Waals surface area contributed by atoms with Crippen LogP contribution in [0.5, 0.6) is 0 Å². The van der Waals surface area contributed by atoms with Gasteiger partial charge in [-0.05, 0) is 6.92 Å². The van der Waals surface area contributed by atoms with E-state index >= 15 is 0 Å². The monoisotopic (exact) mass is 189 g/mol. The fraction of sp³-hybridized carbons (Fsp3) is 0.875. The molecule has 0 heterocycles. The second-order valence-electron chi connectivity index (χ2n) is 2.83. The number of nitrogens with zero attached hydrogens (tertiary/aromatic N) is 1. The van der Waals surface area contributed by atoms with Crippen molar-refractivity contribution in [1.29, 1.82) is 0 Å². The number of rotatable bonds is 7. The van der Waals surface area contributed by atoms with Crippen molar-refractivity contribution in [1.82, 2.24) is 5.32 Å². The minimum Gasteiger partial charge on any atom is -0.409 e. The third-order valence-electron chi connectivity index (χ3n) is 1.70. The highest BCUT2D eigenvalue weighted by molar-refractivity contribution is 5.82. The van der Waals surface area contributed by atoms with Gasteiger partial charge in [0.05, 0.1) is 6.61 Å². The molecule has 78 valence electrons. The van der Waals surface area contributed by atoms with Crippen molar-refractivity contribution in [3.05, 3.63) is 0 Å². The number of oxime groups is 1. The van der Waals surface area contributed by atoms with Gasteiger partial charge in [0.1, 0.15) is 5.84 Å². The first-order chi connectivity index (χ1) is 6.22. The summed E-state index contributed by atoms with van der Waals surface area (Å²) >= 11 is 0. The maximum Gasteiger partial charge on any atom is 0.143 e. The molecule has 0 aliphatic carbocycles. The van der Waals surface area contributed by atoms with Gasteiger partial charge in [-0.15, -0.1) is 0 Å². The van der Waals surface area contributed by atoms with E-state index in [-0.39, 0.29) is 11.8 Å². The summed E-state index contributed by atoms with van der Waals surface area (Å²) in [4.78, 5) is 0. The standard InChI is InChI=1S/C8H19N3O2/c1-3-13-5-4-10-6-7(2)8(9)11-12/h7,10,12H,3-6H2,1-2H3,(H2,9,11). The fourth-order valence-electron chi connectivity index (χ4n) is 0.810. The molecule has 0 fully saturated rings. The van der Waals surface area contributed by atoms with Crippen molar-refractivity contribution in [2.24, 2.45) is 16.8 Å². The molecule has 0 saturated heterocycles. The molecule has 13 heavy (non-hydrogen) atoms. The molecule has 5 nitrogen and oxygen atoms in total. The third-order valence-corrected chi connectivity index (χ3v) is 1.70. The van der Waals surface area contributed by atoms with Crippen molar-refractivity contribution in [3.8, 4) is 0 Å². The summed E-state index contributed by atoms with van der Waals surface area (Å²) in [6.45, 7) is 6.76. The van der Waals surface area contributed by atoms with Gasteiger partial charge in [0.25, 0.3) is 0 Å². The average Bonchev–Trinajstić information content (AvgIpc) is 2.16. The van der Waals surface area contributed by atoms with Crippen LogP contribution in [0.25, 0.3) is 0 Å². The molecular formula is C8H19N3O2. The quantitative estimate of drug-likeness (QED) is 0.173. The zero-order valence-electron chi connectivity index (χ0n) is 8.29. The SMILES string of the molecule is CCOCCNCC(C)C(N)=NO. The molecule has 0 saturated carbocycles. The lowest BCUT2D eigenvalue weighted by Crippen LogP contribution is -2.32. The molecule has 0 aliphatic heterocycles. The second-order valence-corrected chi connectivity index (χ2v) is 2.83. The Morgan fingerprint density at radius 3 is 2.92 bits per heavy atom. The zero-order chi connectivity index (χ0) is 10.1. The molecule has 1 unspecified atom stereocenters. The van der Waals surface area contributed by atoms with E-state index in [9.17, 15) is 0 Å². The summed E-state index contributed by atoms with van der Waals surface area (Å²) in [6.07, 6.45) is 0. The molecule has 4 N–H and O–H groups in total. The van der Waals surface area contributed by atoms with Crippen LogP contribution in [-0.4, -0.2) is 37.3 Å². The molecule has 1 atom stereocenters. The smallest absolute Gasteiger partial charge is 0.143 e. The van der Waals surface area contributed by atoms with Gasteiger partial charge >= 0.3 is 0 Å². The summed E-state index contributed by atoms with van der Waals surface area (Å²) in [5, 5.41) is 14.4. The minimum atomic E-state index is 0.0478. The van der Waals surface area contributed by atoms with E-state index in [1.807, 2.05) is 13.8 Å². The molecule has 0 aliphatic rings. The fourth-order valence-corrected chi connectivity index (χ4v) is 0.810. The zero-order valence-corrected chi connectivity index (χ0v) is 8.29. The topological polar surface area (TPSA) is 79.9 Å². The van der Waals surface area contributed by atoms with E-state index in [0.29, 0.717) is 13.2 Å². The molecule has 0 bridgehead atoms. The summed E-state index contributed by atoms with van der Waals surface area (Å²) in [5.41, 5.74) is 5.39. The number of ether oxygens (including phenoxy) is 1. The molecule has 5 heteroatoms. The maximum atomic E-state index is 8.36. The lowest BCUT2D eigenvalue weighted by atomic mass is 10.1. The van der Waals surface area contributed by atoms with Gasteiger partial charge in [-0.1, -0.05) is 12.1 Å². The van der Waals surface area contributed by atoms with Gasteiger partial charge in [0, 0.05) is 25.6 Å². The lowest BCUT2D eigenvalue weighted by molar-refractivity contribution is 0.149. The first-order valence-electron chi connectivity index (χ1n) is 4.48. The van der Waals surface area contributed by atoms with Crippen LogP contribution in [0.4, 0.5) is 0 Å². The van der Waals surface area contributed by atoms with Crippen LogP contribution in [0, 0.1) is 5.92 Å². The second kappa shape index (κ2) is 7.82. The third kappa shape index (κ3) is 6.36. The van der Waals surface area contributed by atoms with Crippen molar-refractivity contribution >= 4 is 5.84 Å². The number of hydrogen-bond acceptors (Lipinski definition) is 4. The Bertz CT molecular complexity index is 150. The van der Waals surface area contributed by atoms with Crippen LogP contribution in [-0.2, 0) is 4.74 Å². The van der Waals surface area contributed by atoms with Crippen molar-refractivity contribution in [3.63, 3.8) is 0 Å². The first kappa shape index (κ1) is 12.2. The van der Waals surface area contributed by atoms with Gasteiger partial charge in [-0.2, -0.15) is 0 Å². The van der Waals surface area contributed by atoms with E-state index in [0.717, 1.165) is 13.2 Å². The Kier molecular flexibility index (Phi) is 7.33. The van der Waals surface area contributed by atoms with Gasteiger partial charge in [0.15, 0.2) is 0 Å². The Hall–Kier alpha value is -0.810. The molecule has 0 aromatic heterocycles. The predicted octanol–water partition coefficient (Wildman–Crippen LogP) is -0.00500. The van der Waals surface area contributed by atoms with E-state index < -0.39 is 0 Å². The highest BCUT2D eigenvalue weighted by Crippen LogP contribution is 1.91. The summed E-state index contributed by atoms with van der Waals surface area (Å²) in [5.74, 6) is 0.301. The Morgan fingerprint density at radius 1 is 1.69 bits per heavy atom. The molecule has 0 amide bonds. The minimum absolute atomic E-state index is 0.0478. The number of nitrogens with one attached hydrogen (secondary N) is 1. The molecule has 0 radical (unpaired) electrons. The van der Waals surface area contributed by atoms with E-state index in [4.69, 9.17) is 15.7 Å². The van der Waals surface area contributed by atoms with E-state index in [1.165, 1.54) is 0 Å². The summed E-state index contributed by atoms with van der Waals surface area (Å²) < 4.78 is 5.13.